The summed E-state index contributed by atoms with van der Waals surface area (Å²) in [6.07, 6.45) is 8.32. The molecule has 158 valence electrons. The lowest BCUT2D eigenvalue weighted by molar-refractivity contribution is -0.137. The molecule has 0 radical (unpaired) electrons. The fraction of sp³-hybridized carbons (Fsp3) is 0.417. The molecule has 1 saturated heterocycles. The van der Waals surface area contributed by atoms with E-state index in [0.717, 1.165) is 60.8 Å². The smallest absolute Gasteiger partial charge is 0.250 e. The second-order valence-corrected chi connectivity index (χ2v) is 9.14. The lowest BCUT2D eigenvalue weighted by Gasteiger charge is -2.40. The molecular formula is C24H24N4O3. The Hall–Kier alpha value is -3.22. The van der Waals surface area contributed by atoms with Gasteiger partial charge in [0.2, 0.25) is 11.8 Å². The number of amides is 1. The van der Waals surface area contributed by atoms with E-state index in [4.69, 9.17) is 4.74 Å². The van der Waals surface area contributed by atoms with Gasteiger partial charge in [-0.3, -0.25) is 14.6 Å². The number of hydrogen-bond acceptors (Lipinski definition) is 5. The number of hydrogen-bond donors (Lipinski definition) is 0. The number of pyridine rings is 1. The monoisotopic (exact) mass is 416 g/mol. The number of likely N-dealkylation sites (tertiary alicyclic amines) is 1. The van der Waals surface area contributed by atoms with E-state index < -0.39 is 0 Å². The van der Waals surface area contributed by atoms with Gasteiger partial charge in [0.05, 0.1) is 29.0 Å². The molecule has 1 aromatic carbocycles. The summed E-state index contributed by atoms with van der Waals surface area (Å²) in [7, 11) is 1.77. The van der Waals surface area contributed by atoms with E-state index in [2.05, 4.69) is 14.9 Å². The fourth-order valence-electron chi connectivity index (χ4n) is 4.96. The molecule has 7 nitrogen and oxygen atoms in total. The minimum Gasteiger partial charge on any atom is -0.473 e. The van der Waals surface area contributed by atoms with Crippen LogP contribution in [0.1, 0.15) is 32.1 Å². The maximum Gasteiger partial charge on any atom is 0.250 e. The first-order valence-corrected chi connectivity index (χ1v) is 10.9. The summed E-state index contributed by atoms with van der Waals surface area (Å²) >= 11 is 0. The molecule has 1 amide bonds. The average molecular weight is 416 g/mol. The second kappa shape index (κ2) is 6.64. The van der Waals surface area contributed by atoms with Crippen molar-refractivity contribution in [2.75, 3.05) is 6.54 Å². The molecule has 2 saturated carbocycles. The summed E-state index contributed by atoms with van der Waals surface area (Å²) in [5, 5.41) is 0.971. The van der Waals surface area contributed by atoms with Crippen molar-refractivity contribution in [2.45, 2.75) is 44.2 Å². The normalized spacial score (nSPS) is 23.9. The van der Waals surface area contributed by atoms with Gasteiger partial charge in [-0.05, 0) is 42.8 Å². The van der Waals surface area contributed by atoms with Gasteiger partial charge in [-0.15, -0.1) is 0 Å². The first-order valence-electron chi connectivity index (χ1n) is 10.9. The minimum absolute atomic E-state index is 0.0118. The third-order valence-electron chi connectivity index (χ3n) is 7.23. The van der Waals surface area contributed by atoms with Crippen LogP contribution in [0.15, 0.2) is 47.5 Å². The molecule has 0 bridgehead atoms. The molecule has 3 aromatic rings. The van der Waals surface area contributed by atoms with Crippen LogP contribution in [0, 0.1) is 5.41 Å². The SMILES string of the molecule is Cn1c(=O)ccc2cc(-c3cncc(OC4CC(N5CCC6(CC6)C5=O)C4)n3)ccc21. The molecule has 31 heavy (non-hydrogen) atoms. The maximum absolute atomic E-state index is 12.6. The van der Waals surface area contributed by atoms with Crippen LogP contribution in [0.4, 0.5) is 0 Å². The highest BCUT2D eigenvalue weighted by molar-refractivity contribution is 5.87. The summed E-state index contributed by atoms with van der Waals surface area (Å²) in [6.45, 7) is 0.902. The highest BCUT2D eigenvalue weighted by Crippen LogP contribution is 2.55. The number of aromatic nitrogens is 3. The minimum atomic E-state index is -0.0304. The zero-order valence-corrected chi connectivity index (χ0v) is 17.5. The lowest BCUT2D eigenvalue weighted by atomic mass is 9.88. The van der Waals surface area contributed by atoms with E-state index >= 15 is 0 Å². The second-order valence-electron chi connectivity index (χ2n) is 9.14. The van der Waals surface area contributed by atoms with Crippen molar-refractivity contribution in [3.63, 3.8) is 0 Å². The fourth-order valence-corrected chi connectivity index (χ4v) is 4.96. The lowest BCUT2D eigenvalue weighted by Crippen LogP contribution is -2.50. The topological polar surface area (TPSA) is 77.3 Å². The molecule has 2 aromatic heterocycles. The summed E-state index contributed by atoms with van der Waals surface area (Å²) in [5.41, 5.74) is 2.51. The van der Waals surface area contributed by atoms with Crippen LogP contribution in [0.25, 0.3) is 22.2 Å². The number of rotatable bonds is 4. The molecule has 0 atom stereocenters. The van der Waals surface area contributed by atoms with E-state index in [1.165, 1.54) is 0 Å². The van der Waals surface area contributed by atoms with E-state index in [9.17, 15) is 9.59 Å². The van der Waals surface area contributed by atoms with Crippen molar-refractivity contribution in [3.8, 4) is 17.1 Å². The summed E-state index contributed by atoms with van der Waals surface area (Å²) in [6, 6.07) is 9.59. The van der Waals surface area contributed by atoms with Gasteiger partial charge in [0.1, 0.15) is 6.10 Å². The van der Waals surface area contributed by atoms with Crippen molar-refractivity contribution in [1.82, 2.24) is 19.4 Å². The van der Waals surface area contributed by atoms with Gasteiger partial charge in [0, 0.05) is 44.1 Å². The Morgan fingerprint density at radius 2 is 1.90 bits per heavy atom. The van der Waals surface area contributed by atoms with Crippen molar-refractivity contribution in [1.29, 1.82) is 0 Å². The van der Waals surface area contributed by atoms with Gasteiger partial charge in [-0.2, -0.15) is 0 Å². The number of carbonyl (C=O) groups excluding carboxylic acids is 1. The van der Waals surface area contributed by atoms with Crippen molar-refractivity contribution >= 4 is 16.8 Å². The Balaban J connectivity index is 1.15. The van der Waals surface area contributed by atoms with Gasteiger partial charge in [-0.1, -0.05) is 6.07 Å². The first kappa shape index (κ1) is 18.5. The highest BCUT2D eigenvalue weighted by atomic mass is 16.5. The number of fused-ring (bicyclic) bond motifs is 1. The zero-order valence-electron chi connectivity index (χ0n) is 17.5. The molecule has 1 spiro atoms. The number of carbonyl (C=O) groups is 1. The molecule has 1 aliphatic heterocycles. The van der Waals surface area contributed by atoms with Gasteiger partial charge in [-0.25, -0.2) is 4.98 Å². The predicted octanol–water partition coefficient (Wildman–Crippen LogP) is 2.92. The van der Waals surface area contributed by atoms with Crippen LogP contribution in [0.5, 0.6) is 5.88 Å². The Morgan fingerprint density at radius 1 is 1.06 bits per heavy atom. The summed E-state index contributed by atoms with van der Waals surface area (Å²) in [4.78, 5) is 35.4. The predicted molar refractivity (Wildman–Crippen MR) is 116 cm³/mol. The third kappa shape index (κ3) is 3.02. The van der Waals surface area contributed by atoms with Gasteiger partial charge < -0.3 is 14.2 Å². The Morgan fingerprint density at radius 3 is 2.68 bits per heavy atom. The Labute approximate surface area is 179 Å². The number of nitrogens with zero attached hydrogens (tertiary/aromatic N) is 4. The highest BCUT2D eigenvalue weighted by Gasteiger charge is 2.57. The van der Waals surface area contributed by atoms with Crippen LogP contribution >= 0.6 is 0 Å². The van der Waals surface area contributed by atoms with Crippen molar-refractivity contribution < 1.29 is 9.53 Å². The zero-order chi connectivity index (χ0) is 21.2. The molecule has 7 heteroatoms. The van der Waals surface area contributed by atoms with Crippen LogP contribution in [-0.2, 0) is 11.8 Å². The van der Waals surface area contributed by atoms with E-state index in [1.807, 2.05) is 24.3 Å². The molecule has 6 rings (SSSR count). The molecule has 3 heterocycles. The number of aryl methyl sites for hydroxylation is 1. The van der Waals surface area contributed by atoms with Crippen LogP contribution < -0.4 is 10.3 Å². The van der Waals surface area contributed by atoms with Crippen molar-refractivity contribution in [3.05, 3.63) is 53.1 Å². The summed E-state index contributed by atoms with van der Waals surface area (Å²) in [5.74, 6) is 0.875. The average Bonchev–Trinajstić information content (AvgIpc) is 3.48. The maximum atomic E-state index is 12.6. The van der Waals surface area contributed by atoms with E-state index in [-0.39, 0.29) is 17.1 Å². The Bertz CT molecular complexity index is 1260. The van der Waals surface area contributed by atoms with Crippen LogP contribution in [-0.4, -0.2) is 44.0 Å². The van der Waals surface area contributed by atoms with E-state index in [1.54, 1.807) is 30.1 Å². The molecule has 3 aliphatic rings. The van der Waals surface area contributed by atoms with Gasteiger partial charge in [0.15, 0.2) is 0 Å². The van der Waals surface area contributed by atoms with Crippen LogP contribution in [0.3, 0.4) is 0 Å². The third-order valence-corrected chi connectivity index (χ3v) is 7.23. The first-order chi connectivity index (χ1) is 15.0. The van der Waals surface area contributed by atoms with Crippen LogP contribution in [0.2, 0.25) is 0 Å². The molecule has 0 unspecified atom stereocenters. The largest absolute Gasteiger partial charge is 0.473 e. The molecule has 2 aliphatic carbocycles. The number of benzene rings is 1. The standard InChI is InChI=1S/C24H24N4O3/c1-27-20-4-2-15(10-16(20)3-5-22(27)29)19-13-25-14-21(26-19)31-18-11-17(12-18)28-9-8-24(6-7-24)23(28)30/h2-5,10,13-14,17-18H,6-9,11-12H2,1H3. The molecular weight excluding hydrogens is 392 g/mol. The molecule has 3 fully saturated rings. The quantitative estimate of drug-likeness (QED) is 0.654. The van der Waals surface area contributed by atoms with E-state index in [0.29, 0.717) is 17.8 Å². The Kier molecular flexibility index (Phi) is 3.97. The summed E-state index contributed by atoms with van der Waals surface area (Å²) < 4.78 is 7.70. The molecule has 0 N–H and O–H groups in total. The van der Waals surface area contributed by atoms with Gasteiger partial charge in [0.25, 0.3) is 5.56 Å². The van der Waals surface area contributed by atoms with Crippen molar-refractivity contribution in [2.24, 2.45) is 12.5 Å². The number of ether oxygens (including phenoxy) is 1. The van der Waals surface area contributed by atoms with Gasteiger partial charge >= 0.3 is 0 Å².